The Labute approximate surface area is 155 Å². The Bertz CT molecular complexity index is 599. The van der Waals surface area contributed by atoms with Gasteiger partial charge in [-0.3, -0.25) is 4.79 Å². The van der Waals surface area contributed by atoms with Crippen molar-refractivity contribution >= 4 is 12.0 Å². The molecule has 1 N–H and O–H groups in total. The van der Waals surface area contributed by atoms with E-state index in [9.17, 15) is 9.59 Å². The average molecular weight is 362 g/mol. The number of nitrogens with zero attached hydrogens (tertiary/aromatic N) is 1. The molecule has 1 aromatic carbocycles. The average Bonchev–Trinajstić information content (AvgIpc) is 2.64. The summed E-state index contributed by atoms with van der Waals surface area (Å²) in [6.07, 6.45) is 1.45. The third-order valence-electron chi connectivity index (χ3n) is 4.73. The van der Waals surface area contributed by atoms with E-state index >= 15 is 0 Å². The number of ether oxygens (including phenoxy) is 2. The highest BCUT2D eigenvalue weighted by Gasteiger charge is 2.23. The Morgan fingerprint density at radius 3 is 2.31 bits per heavy atom. The van der Waals surface area contributed by atoms with Crippen LogP contribution in [0.2, 0.25) is 0 Å². The lowest BCUT2D eigenvalue weighted by Crippen LogP contribution is -2.42. The van der Waals surface area contributed by atoms with Gasteiger partial charge in [-0.1, -0.05) is 32.9 Å². The van der Waals surface area contributed by atoms with E-state index in [0.29, 0.717) is 31.3 Å². The Hall–Kier alpha value is -2.24. The van der Waals surface area contributed by atoms with Gasteiger partial charge in [0.15, 0.2) is 6.61 Å². The lowest BCUT2D eigenvalue weighted by Gasteiger charge is -2.30. The number of piperidine rings is 1. The summed E-state index contributed by atoms with van der Waals surface area (Å²) in [5.74, 6) is 0.950. The second-order valence-electron chi connectivity index (χ2n) is 7.77. The minimum Gasteiger partial charge on any atom is -0.484 e. The largest absolute Gasteiger partial charge is 0.484 e. The van der Waals surface area contributed by atoms with Gasteiger partial charge in [0.25, 0.3) is 5.91 Å². The van der Waals surface area contributed by atoms with Crippen molar-refractivity contribution in [2.75, 3.05) is 33.4 Å². The number of nitrogens with one attached hydrogen (secondary N) is 1. The first-order valence-electron chi connectivity index (χ1n) is 9.12. The lowest BCUT2D eigenvalue weighted by atomic mass is 9.87. The maximum absolute atomic E-state index is 12.0. The zero-order chi connectivity index (χ0) is 19.2. The van der Waals surface area contributed by atoms with Crippen LogP contribution in [0.15, 0.2) is 24.3 Å². The standard InChI is InChI=1S/C20H30N2O4/c1-20(2,3)16-5-7-17(8-6-16)26-14-18(23)21-13-15-9-11-22(12-10-15)19(24)25-4/h5-8,15H,9-14H2,1-4H3,(H,21,23). The summed E-state index contributed by atoms with van der Waals surface area (Å²) < 4.78 is 10.3. The van der Waals surface area contributed by atoms with Crippen LogP contribution < -0.4 is 10.1 Å². The van der Waals surface area contributed by atoms with Crippen LogP contribution in [0.1, 0.15) is 39.2 Å². The fraction of sp³-hybridized carbons (Fsp3) is 0.600. The van der Waals surface area contributed by atoms with Crippen LogP contribution in [0.5, 0.6) is 5.75 Å². The molecule has 1 heterocycles. The Kier molecular flexibility index (Phi) is 6.89. The van der Waals surface area contributed by atoms with Gasteiger partial charge in [-0.05, 0) is 41.9 Å². The molecule has 0 atom stereocenters. The molecule has 1 aliphatic heterocycles. The number of amides is 2. The van der Waals surface area contributed by atoms with Gasteiger partial charge in [0.2, 0.25) is 0 Å². The van der Waals surface area contributed by atoms with Gasteiger partial charge in [-0.15, -0.1) is 0 Å². The van der Waals surface area contributed by atoms with Crippen molar-refractivity contribution in [2.45, 2.75) is 39.0 Å². The molecule has 1 aliphatic rings. The summed E-state index contributed by atoms with van der Waals surface area (Å²) in [6, 6.07) is 7.86. The Morgan fingerprint density at radius 2 is 1.77 bits per heavy atom. The van der Waals surface area contributed by atoms with E-state index in [4.69, 9.17) is 9.47 Å². The zero-order valence-electron chi connectivity index (χ0n) is 16.2. The van der Waals surface area contributed by atoms with Gasteiger partial charge in [0.1, 0.15) is 5.75 Å². The minimum atomic E-state index is -0.279. The number of methoxy groups -OCH3 is 1. The highest BCUT2D eigenvalue weighted by molar-refractivity contribution is 5.77. The van der Waals surface area contributed by atoms with Crippen LogP contribution in [-0.4, -0.2) is 50.3 Å². The van der Waals surface area contributed by atoms with Crippen LogP contribution in [0.4, 0.5) is 4.79 Å². The molecule has 0 saturated carbocycles. The molecule has 144 valence electrons. The predicted molar refractivity (Wildman–Crippen MR) is 100 cm³/mol. The first kappa shape index (κ1) is 20.1. The predicted octanol–water partition coefficient (Wildman–Crippen LogP) is 2.96. The fourth-order valence-corrected chi connectivity index (χ4v) is 2.96. The molecular formula is C20H30N2O4. The molecule has 1 aromatic rings. The van der Waals surface area contributed by atoms with Crippen molar-refractivity contribution in [2.24, 2.45) is 5.92 Å². The normalized spacial score (nSPS) is 15.5. The van der Waals surface area contributed by atoms with E-state index in [1.807, 2.05) is 24.3 Å². The summed E-state index contributed by atoms with van der Waals surface area (Å²) in [7, 11) is 1.39. The third kappa shape index (κ3) is 5.93. The molecule has 6 heteroatoms. The molecule has 0 aliphatic carbocycles. The van der Waals surface area contributed by atoms with Crippen LogP contribution in [0.3, 0.4) is 0 Å². The van der Waals surface area contributed by atoms with Gasteiger partial charge < -0.3 is 19.7 Å². The van der Waals surface area contributed by atoms with Crippen molar-refractivity contribution in [1.29, 1.82) is 0 Å². The Balaban J connectivity index is 1.67. The second-order valence-corrected chi connectivity index (χ2v) is 7.77. The van der Waals surface area contributed by atoms with Crippen LogP contribution in [0, 0.1) is 5.92 Å². The van der Waals surface area contributed by atoms with Gasteiger partial charge in [-0.2, -0.15) is 0 Å². The van der Waals surface area contributed by atoms with E-state index < -0.39 is 0 Å². The molecule has 0 bridgehead atoms. The molecule has 0 aromatic heterocycles. The molecule has 2 rings (SSSR count). The highest BCUT2D eigenvalue weighted by atomic mass is 16.5. The Morgan fingerprint density at radius 1 is 1.15 bits per heavy atom. The van der Waals surface area contributed by atoms with Crippen LogP contribution in [0.25, 0.3) is 0 Å². The number of rotatable bonds is 5. The summed E-state index contributed by atoms with van der Waals surface area (Å²) in [5.41, 5.74) is 1.33. The first-order chi connectivity index (χ1) is 12.3. The van der Waals surface area contributed by atoms with E-state index in [1.54, 1.807) is 4.90 Å². The van der Waals surface area contributed by atoms with E-state index in [-0.39, 0.29) is 24.0 Å². The third-order valence-corrected chi connectivity index (χ3v) is 4.73. The monoisotopic (exact) mass is 362 g/mol. The van der Waals surface area contributed by atoms with Crippen molar-refractivity contribution in [3.8, 4) is 5.75 Å². The number of carbonyl (C=O) groups is 2. The molecule has 1 fully saturated rings. The SMILES string of the molecule is COC(=O)N1CCC(CNC(=O)COc2ccc(C(C)(C)C)cc2)CC1. The number of carbonyl (C=O) groups excluding carboxylic acids is 2. The van der Waals surface area contributed by atoms with E-state index in [0.717, 1.165) is 12.8 Å². The topological polar surface area (TPSA) is 67.9 Å². The second kappa shape index (κ2) is 8.92. The van der Waals surface area contributed by atoms with Gasteiger partial charge in [0.05, 0.1) is 7.11 Å². The summed E-state index contributed by atoms with van der Waals surface area (Å²) >= 11 is 0. The minimum absolute atomic E-state index is 0.00979. The van der Waals surface area contributed by atoms with Crippen LogP contribution in [-0.2, 0) is 14.9 Å². The molecule has 0 unspecified atom stereocenters. The maximum atomic E-state index is 12.0. The molecule has 0 spiro atoms. The molecular weight excluding hydrogens is 332 g/mol. The smallest absolute Gasteiger partial charge is 0.409 e. The maximum Gasteiger partial charge on any atom is 0.409 e. The summed E-state index contributed by atoms with van der Waals surface area (Å²) in [5, 5.41) is 2.92. The van der Waals surface area contributed by atoms with Gasteiger partial charge in [-0.25, -0.2) is 4.79 Å². The molecule has 26 heavy (non-hydrogen) atoms. The van der Waals surface area contributed by atoms with Gasteiger partial charge in [0, 0.05) is 19.6 Å². The zero-order valence-corrected chi connectivity index (χ0v) is 16.2. The number of benzene rings is 1. The molecule has 0 radical (unpaired) electrons. The number of likely N-dealkylation sites (tertiary alicyclic amines) is 1. The van der Waals surface area contributed by atoms with Gasteiger partial charge >= 0.3 is 6.09 Å². The molecule has 2 amide bonds. The van der Waals surface area contributed by atoms with E-state index in [1.165, 1.54) is 12.7 Å². The van der Waals surface area contributed by atoms with Crippen molar-refractivity contribution in [3.63, 3.8) is 0 Å². The van der Waals surface area contributed by atoms with Crippen molar-refractivity contribution in [3.05, 3.63) is 29.8 Å². The van der Waals surface area contributed by atoms with Crippen molar-refractivity contribution < 1.29 is 19.1 Å². The molecule has 1 saturated heterocycles. The van der Waals surface area contributed by atoms with Crippen molar-refractivity contribution in [1.82, 2.24) is 10.2 Å². The molecule has 6 nitrogen and oxygen atoms in total. The summed E-state index contributed by atoms with van der Waals surface area (Å²) in [6.45, 7) is 8.44. The lowest BCUT2D eigenvalue weighted by molar-refractivity contribution is -0.123. The first-order valence-corrected chi connectivity index (χ1v) is 9.12. The number of hydrogen-bond donors (Lipinski definition) is 1. The van der Waals surface area contributed by atoms with Crippen LogP contribution >= 0.6 is 0 Å². The van der Waals surface area contributed by atoms with E-state index in [2.05, 4.69) is 26.1 Å². The highest BCUT2D eigenvalue weighted by Crippen LogP contribution is 2.24. The number of hydrogen-bond acceptors (Lipinski definition) is 4. The summed E-state index contributed by atoms with van der Waals surface area (Å²) in [4.78, 5) is 25.1. The quantitative estimate of drug-likeness (QED) is 0.874. The fourth-order valence-electron chi connectivity index (χ4n) is 2.96.